The maximum absolute atomic E-state index is 13.3. The van der Waals surface area contributed by atoms with Gasteiger partial charge in [-0.25, -0.2) is 4.79 Å². The molecule has 2 aliphatic carbocycles. The summed E-state index contributed by atoms with van der Waals surface area (Å²) in [5.74, 6) is -2.05. The minimum absolute atomic E-state index is 0.0393. The number of nitrogens with one attached hydrogen (secondary N) is 1. The fourth-order valence-electron chi connectivity index (χ4n) is 5.35. The standard InChI is InChI=1S/C27H30N2O6/c1-2-34-23-14-29(13-21(23)26(31)32)25(30)24(16-11-12-16)28-27(33)35-15-22-19-9-5-3-7-17(19)18-8-4-6-10-20(18)22/h3-10,16,21-24H,2,11-15H2,1H3,(H,28,33)(H,31,32). The normalized spacial score (nSPS) is 21.8. The number of ether oxygens (including phenoxy) is 2. The lowest BCUT2D eigenvalue weighted by Gasteiger charge is -2.24. The van der Waals surface area contributed by atoms with Gasteiger partial charge in [-0.15, -0.1) is 0 Å². The molecule has 184 valence electrons. The summed E-state index contributed by atoms with van der Waals surface area (Å²) in [6.07, 6.45) is 0.499. The monoisotopic (exact) mass is 478 g/mol. The highest BCUT2D eigenvalue weighted by molar-refractivity contribution is 5.87. The van der Waals surface area contributed by atoms with Crippen LogP contribution >= 0.6 is 0 Å². The highest BCUT2D eigenvalue weighted by atomic mass is 16.5. The van der Waals surface area contributed by atoms with Crippen LogP contribution in [0.1, 0.15) is 36.8 Å². The van der Waals surface area contributed by atoms with Crippen LogP contribution in [-0.4, -0.2) is 66.4 Å². The molecule has 0 spiro atoms. The third-order valence-electron chi connectivity index (χ3n) is 7.25. The zero-order valence-electron chi connectivity index (χ0n) is 19.7. The summed E-state index contributed by atoms with van der Waals surface area (Å²) < 4.78 is 11.2. The number of alkyl carbamates (subject to hydrolysis) is 1. The third-order valence-corrected chi connectivity index (χ3v) is 7.25. The molecule has 2 aromatic rings. The van der Waals surface area contributed by atoms with Crippen LogP contribution in [0, 0.1) is 11.8 Å². The first-order chi connectivity index (χ1) is 17.0. The second kappa shape index (κ2) is 9.70. The molecule has 0 aromatic heterocycles. The molecule has 0 radical (unpaired) electrons. The quantitative estimate of drug-likeness (QED) is 0.604. The number of hydrogen-bond donors (Lipinski definition) is 2. The SMILES string of the molecule is CCOC1CN(C(=O)C(NC(=O)OCC2c3ccccc3-c3ccccc32)C2CC2)CC1C(=O)O. The van der Waals surface area contributed by atoms with Crippen molar-refractivity contribution in [2.45, 2.75) is 37.8 Å². The van der Waals surface area contributed by atoms with E-state index in [1.807, 2.05) is 24.3 Å². The molecule has 2 N–H and O–H groups in total. The average Bonchev–Trinajstić information content (AvgIpc) is 3.53. The van der Waals surface area contributed by atoms with Crippen LogP contribution < -0.4 is 5.32 Å². The summed E-state index contributed by atoms with van der Waals surface area (Å²) in [4.78, 5) is 39.2. The molecule has 1 saturated carbocycles. The summed E-state index contributed by atoms with van der Waals surface area (Å²) in [5, 5.41) is 12.3. The first kappa shape index (κ1) is 23.4. The topological polar surface area (TPSA) is 105 Å². The van der Waals surface area contributed by atoms with E-state index in [1.165, 1.54) is 4.90 Å². The molecule has 8 nitrogen and oxygen atoms in total. The van der Waals surface area contributed by atoms with Crippen molar-refractivity contribution >= 4 is 18.0 Å². The van der Waals surface area contributed by atoms with E-state index < -0.39 is 30.1 Å². The van der Waals surface area contributed by atoms with Crippen LogP contribution in [0.15, 0.2) is 48.5 Å². The Morgan fingerprint density at radius 2 is 1.66 bits per heavy atom. The molecule has 1 saturated heterocycles. The van der Waals surface area contributed by atoms with Crippen molar-refractivity contribution in [1.82, 2.24) is 10.2 Å². The second-order valence-corrected chi connectivity index (χ2v) is 9.47. The Labute approximate surface area is 204 Å². The second-order valence-electron chi connectivity index (χ2n) is 9.47. The Morgan fingerprint density at radius 3 is 2.23 bits per heavy atom. The Morgan fingerprint density at radius 1 is 1.03 bits per heavy atom. The van der Waals surface area contributed by atoms with Gasteiger partial charge in [0.2, 0.25) is 5.91 Å². The van der Waals surface area contributed by atoms with Gasteiger partial charge in [0.1, 0.15) is 18.6 Å². The van der Waals surface area contributed by atoms with Crippen molar-refractivity contribution in [2.75, 3.05) is 26.3 Å². The number of carboxylic acids is 1. The van der Waals surface area contributed by atoms with Crippen molar-refractivity contribution in [2.24, 2.45) is 11.8 Å². The maximum Gasteiger partial charge on any atom is 0.407 e. The minimum atomic E-state index is -0.980. The highest BCUT2D eigenvalue weighted by Gasteiger charge is 2.46. The van der Waals surface area contributed by atoms with Crippen LogP contribution in [0.4, 0.5) is 4.79 Å². The van der Waals surface area contributed by atoms with Gasteiger partial charge in [-0.2, -0.15) is 0 Å². The number of carboxylic acid groups (broad SMARTS) is 1. The average molecular weight is 479 g/mol. The lowest BCUT2D eigenvalue weighted by atomic mass is 9.98. The lowest BCUT2D eigenvalue weighted by Crippen LogP contribution is -2.49. The number of carbonyl (C=O) groups excluding carboxylic acids is 2. The molecule has 2 fully saturated rings. The molecule has 2 amide bonds. The first-order valence-electron chi connectivity index (χ1n) is 12.2. The number of carbonyl (C=O) groups is 3. The fraction of sp³-hybridized carbons (Fsp3) is 0.444. The minimum Gasteiger partial charge on any atom is -0.481 e. The number of hydrogen-bond acceptors (Lipinski definition) is 5. The van der Waals surface area contributed by atoms with Crippen LogP contribution in [0.3, 0.4) is 0 Å². The van der Waals surface area contributed by atoms with Gasteiger partial charge in [-0.3, -0.25) is 9.59 Å². The largest absolute Gasteiger partial charge is 0.481 e. The molecule has 5 rings (SSSR count). The fourth-order valence-corrected chi connectivity index (χ4v) is 5.35. The molecule has 35 heavy (non-hydrogen) atoms. The van der Waals surface area contributed by atoms with E-state index in [0.29, 0.717) is 6.61 Å². The third kappa shape index (κ3) is 4.62. The van der Waals surface area contributed by atoms with Crippen LogP contribution in [0.25, 0.3) is 11.1 Å². The number of fused-ring (bicyclic) bond motifs is 3. The van der Waals surface area contributed by atoms with E-state index >= 15 is 0 Å². The van der Waals surface area contributed by atoms with Crippen molar-refractivity contribution in [1.29, 1.82) is 0 Å². The number of rotatable bonds is 8. The van der Waals surface area contributed by atoms with Gasteiger partial charge >= 0.3 is 12.1 Å². The van der Waals surface area contributed by atoms with Crippen molar-refractivity contribution < 1.29 is 29.0 Å². The molecule has 2 aromatic carbocycles. The molecule has 3 atom stereocenters. The van der Waals surface area contributed by atoms with Crippen molar-refractivity contribution in [3.05, 3.63) is 59.7 Å². The number of aliphatic carboxylic acids is 1. The first-order valence-corrected chi connectivity index (χ1v) is 12.2. The van der Waals surface area contributed by atoms with E-state index in [-0.39, 0.29) is 37.4 Å². The molecule has 3 aliphatic rings. The van der Waals surface area contributed by atoms with E-state index in [2.05, 4.69) is 29.6 Å². The smallest absolute Gasteiger partial charge is 0.407 e. The number of nitrogens with zero attached hydrogens (tertiary/aromatic N) is 1. The van der Waals surface area contributed by atoms with E-state index in [1.54, 1.807) is 6.92 Å². The zero-order chi connectivity index (χ0) is 24.5. The van der Waals surface area contributed by atoms with E-state index in [4.69, 9.17) is 9.47 Å². The summed E-state index contributed by atoms with van der Waals surface area (Å²) in [7, 11) is 0. The van der Waals surface area contributed by atoms with Crippen LogP contribution in [0.5, 0.6) is 0 Å². The van der Waals surface area contributed by atoms with Crippen molar-refractivity contribution in [3.8, 4) is 11.1 Å². The van der Waals surface area contributed by atoms with Gasteiger partial charge in [0.05, 0.1) is 6.10 Å². The number of amides is 2. The predicted octanol–water partition coefficient (Wildman–Crippen LogP) is 3.25. The number of benzene rings is 2. The van der Waals surface area contributed by atoms with Crippen molar-refractivity contribution in [3.63, 3.8) is 0 Å². The van der Waals surface area contributed by atoms with Gasteiger partial charge in [0, 0.05) is 25.6 Å². The molecule has 8 heteroatoms. The maximum atomic E-state index is 13.3. The summed E-state index contributed by atoms with van der Waals surface area (Å²) >= 11 is 0. The van der Waals surface area contributed by atoms with Crippen LogP contribution in [-0.2, 0) is 19.1 Å². The van der Waals surface area contributed by atoms with Crippen LogP contribution in [0.2, 0.25) is 0 Å². The molecular formula is C27H30N2O6. The summed E-state index contributed by atoms with van der Waals surface area (Å²) in [6, 6.07) is 15.5. The summed E-state index contributed by atoms with van der Waals surface area (Å²) in [6.45, 7) is 2.63. The van der Waals surface area contributed by atoms with Gasteiger partial charge in [-0.1, -0.05) is 48.5 Å². The van der Waals surface area contributed by atoms with Gasteiger partial charge in [-0.05, 0) is 47.9 Å². The molecule has 0 bridgehead atoms. The zero-order valence-corrected chi connectivity index (χ0v) is 19.7. The van der Waals surface area contributed by atoms with Gasteiger partial charge < -0.3 is 24.8 Å². The van der Waals surface area contributed by atoms with Gasteiger partial charge in [0.15, 0.2) is 0 Å². The number of likely N-dealkylation sites (tertiary alicyclic amines) is 1. The molecule has 3 unspecified atom stereocenters. The Bertz CT molecular complexity index is 1080. The molecule has 1 heterocycles. The molecular weight excluding hydrogens is 448 g/mol. The van der Waals surface area contributed by atoms with E-state index in [9.17, 15) is 19.5 Å². The highest BCUT2D eigenvalue weighted by Crippen LogP contribution is 2.44. The Kier molecular flexibility index (Phi) is 6.47. The predicted molar refractivity (Wildman–Crippen MR) is 128 cm³/mol. The Hall–Kier alpha value is -3.39. The molecule has 1 aliphatic heterocycles. The lowest BCUT2D eigenvalue weighted by molar-refractivity contribution is -0.145. The van der Waals surface area contributed by atoms with Gasteiger partial charge in [0.25, 0.3) is 0 Å². The Balaban J connectivity index is 1.24. The van der Waals surface area contributed by atoms with E-state index in [0.717, 1.165) is 35.1 Å². The summed E-state index contributed by atoms with van der Waals surface area (Å²) in [5.41, 5.74) is 4.54.